The van der Waals surface area contributed by atoms with Crippen LogP contribution < -0.4 is 18.9 Å². The van der Waals surface area contributed by atoms with E-state index in [1.165, 1.54) is 0 Å². The highest BCUT2D eigenvalue weighted by Gasteiger charge is 2.19. The fourth-order valence-electron chi connectivity index (χ4n) is 2.01. The zero-order valence-electron chi connectivity index (χ0n) is 13.6. The van der Waals surface area contributed by atoms with Crippen molar-refractivity contribution in [2.24, 2.45) is 0 Å². The van der Waals surface area contributed by atoms with Crippen LogP contribution in [0.3, 0.4) is 0 Å². The quantitative estimate of drug-likeness (QED) is 0.761. The molecule has 0 fully saturated rings. The largest absolute Gasteiger partial charge is 0.497 e. The van der Waals surface area contributed by atoms with E-state index in [0.717, 1.165) is 5.75 Å². The lowest BCUT2D eigenvalue weighted by Crippen LogP contribution is -2.29. The van der Waals surface area contributed by atoms with Gasteiger partial charge in [-0.25, -0.2) is 4.79 Å². The molecule has 0 spiro atoms. The summed E-state index contributed by atoms with van der Waals surface area (Å²) in [6.07, 6.45) is -0.774. The van der Waals surface area contributed by atoms with Gasteiger partial charge >= 0.3 is 5.97 Å². The molecule has 0 saturated heterocycles. The van der Waals surface area contributed by atoms with Crippen molar-refractivity contribution in [3.63, 3.8) is 0 Å². The molecule has 2 rings (SSSR count). The van der Waals surface area contributed by atoms with E-state index >= 15 is 0 Å². The molecule has 24 heavy (non-hydrogen) atoms. The topological polar surface area (TPSA) is 74.2 Å². The van der Waals surface area contributed by atoms with Crippen LogP contribution in [0.4, 0.5) is 0 Å². The van der Waals surface area contributed by atoms with Gasteiger partial charge < -0.3 is 24.1 Å². The number of rotatable bonds is 9. The van der Waals surface area contributed by atoms with Gasteiger partial charge in [0.05, 0.1) is 20.8 Å². The first-order valence-electron chi connectivity index (χ1n) is 7.42. The van der Waals surface area contributed by atoms with Gasteiger partial charge in [-0.3, -0.25) is 0 Å². The van der Waals surface area contributed by atoms with Gasteiger partial charge in [-0.15, -0.1) is 0 Å². The van der Waals surface area contributed by atoms with Crippen molar-refractivity contribution in [2.45, 2.75) is 12.5 Å². The third-order valence-electron chi connectivity index (χ3n) is 3.32. The molecule has 0 aliphatic rings. The molecule has 6 heteroatoms. The minimum Gasteiger partial charge on any atom is -0.497 e. The molecule has 2 aromatic rings. The lowest BCUT2D eigenvalue weighted by molar-refractivity contribution is -0.145. The van der Waals surface area contributed by atoms with E-state index in [0.29, 0.717) is 17.2 Å². The second-order valence-corrected chi connectivity index (χ2v) is 4.93. The normalized spacial score (nSPS) is 11.4. The highest BCUT2D eigenvalue weighted by atomic mass is 16.5. The second-order valence-electron chi connectivity index (χ2n) is 4.93. The van der Waals surface area contributed by atoms with Crippen molar-refractivity contribution >= 4 is 5.97 Å². The molecule has 1 unspecified atom stereocenters. The number of hydrogen-bond donors (Lipinski definition) is 1. The van der Waals surface area contributed by atoms with E-state index in [1.54, 1.807) is 62.8 Å². The SMILES string of the molecule is COc1ccc(OCCC(Oc2ccc(OC)cc2)C(=O)O)cc1. The average Bonchev–Trinajstić information content (AvgIpc) is 2.62. The van der Waals surface area contributed by atoms with Gasteiger partial charge in [0.2, 0.25) is 0 Å². The van der Waals surface area contributed by atoms with E-state index in [2.05, 4.69) is 0 Å². The molecular weight excluding hydrogens is 312 g/mol. The van der Waals surface area contributed by atoms with E-state index in [1.807, 2.05) is 0 Å². The number of carboxylic acids is 1. The van der Waals surface area contributed by atoms with Crippen LogP contribution in [0.25, 0.3) is 0 Å². The molecule has 0 aliphatic heterocycles. The summed E-state index contributed by atoms with van der Waals surface area (Å²) in [6, 6.07) is 13.8. The maximum Gasteiger partial charge on any atom is 0.345 e. The van der Waals surface area contributed by atoms with Crippen molar-refractivity contribution in [3.05, 3.63) is 48.5 Å². The van der Waals surface area contributed by atoms with Crippen LogP contribution >= 0.6 is 0 Å². The molecule has 1 N–H and O–H groups in total. The predicted molar refractivity (Wildman–Crippen MR) is 88.2 cm³/mol. The summed E-state index contributed by atoms with van der Waals surface area (Å²) >= 11 is 0. The lowest BCUT2D eigenvalue weighted by atomic mass is 10.2. The number of aliphatic carboxylic acids is 1. The highest BCUT2D eigenvalue weighted by Crippen LogP contribution is 2.20. The molecule has 2 aromatic carbocycles. The standard InChI is InChI=1S/C18H20O6/c1-21-13-3-7-15(8-4-13)23-12-11-17(18(19)20)24-16-9-5-14(22-2)6-10-16/h3-10,17H,11-12H2,1-2H3,(H,19,20). The monoisotopic (exact) mass is 332 g/mol. The van der Waals surface area contributed by atoms with E-state index in [-0.39, 0.29) is 13.0 Å². The van der Waals surface area contributed by atoms with Crippen molar-refractivity contribution in [1.29, 1.82) is 0 Å². The first-order chi connectivity index (χ1) is 11.6. The minimum atomic E-state index is -1.04. The number of carbonyl (C=O) groups is 1. The Kier molecular flexibility index (Phi) is 6.31. The zero-order valence-corrected chi connectivity index (χ0v) is 13.6. The zero-order chi connectivity index (χ0) is 17.4. The molecule has 0 bridgehead atoms. The lowest BCUT2D eigenvalue weighted by Gasteiger charge is -2.16. The van der Waals surface area contributed by atoms with Gasteiger partial charge in [0.25, 0.3) is 0 Å². The Balaban J connectivity index is 1.87. The Bertz CT molecular complexity index is 636. The summed E-state index contributed by atoms with van der Waals surface area (Å²) < 4.78 is 21.2. The summed E-state index contributed by atoms with van der Waals surface area (Å²) in [4.78, 5) is 11.3. The molecule has 6 nitrogen and oxygen atoms in total. The van der Waals surface area contributed by atoms with Gasteiger partial charge in [-0.1, -0.05) is 0 Å². The van der Waals surface area contributed by atoms with E-state index < -0.39 is 12.1 Å². The van der Waals surface area contributed by atoms with Crippen LogP contribution in [0.1, 0.15) is 6.42 Å². The van der Waals surface area contributed by atoms with Crippen molar-refractivity contribution in [3.8, 4) is 23.0 Å². The molecule has 0 saturated carbocycles. The van der Waals surface area contributed by atoms with Crippen LogP contribution in [0, 0.1) is 0 Å². The number of ether oxygens (including phenoxy) is 4. The number of methoxy groups -OCH3 is 2. The Hall–Kier alpha value is -2.89. The molecule has 1 atom stereocenters. The first-order valence-corrected chi connectivity index (χ1v) is 7.42. The van der Waals surface area contributed by atoms with Crippen LogP contribution in [-0.4, -0.2) is 38.0 Å². The molecule has 0 radical (unpaired) electrons. The van der Waals surface area contributed by atoms with Gasteiger partial charge in [-0.05, 0) is 48.5 Å². The van der Waals surface area contributed by atoms with E-state index in [9.17, 15) is 9.90 Å². The number of hydrogen-bond acceptors (Lipinski definition) is 5. The third kappa shape index (κ3) is 5.08. The Morgan fingerprint density at radius 1 is 0.875 bits per heavy atom. The Morgan fingerprint density at radius 3 is 1.79 bits per heavy atom. The Morgan fingerprint density at radius 2 is 1.33 bits per heavy atom. The summed E-state index contributed by atoms with van der Waals surface area (Å²) in [5, 5.41) is 9.28. The second kappa shape index (κ2) is 8.67. The van der Waals surface area contributed by atoms with Crippen molar-refractivity contribution in [1.82, 2.24) is 0 Å². The van der Waals surface area contributed by atoms with Gasteiger partial charge in [0.1, 0.15) is 23.0 Å². The first kappa shape index (κ1) is 17.5. The maximum atomic E-state index is 11.3. The molecule has 0 heterocycles. The number of carboxylic acid groups (broad SMARTS) is 1. The third-order valence-corrected chi connectivity index (χ3v) is 3.32. The maximum absolute atomic E-state index is 11.3. The van der Waals surface area contributed by atoms with Gasteiger partial charge in [-0.2, -0.15) is 0 Å². The number of benzene rings is 2. The fraction of sp³-hybridized carbons (Fsp3) is 0.278. The van der Waals surface area contributed by atoms with Crippen LogP contribution in [-0.2, 0) is 4.79 Å². The summed E-state index contributed by atoms with van der Waals surface area (Å²) in [6.45, 7) is 0.222. The average molecular weight is 332 g/mol. The van der Waals surface area contributed by atoms with Gasteiger partial charge in [0.15, 0.2) is 6.10 Å². The van der Waals surface area contributed by atoms with Crippen LogP contribution in [0.5, 0.6) is 23.0 Å². The molecule has 0 aliphatic carbocycles. The predicted octanol–water partition coefficient (Wildman–Crippen LogP) is 3.00. The minimum absolute atomic E-state index is 0.216. The Labute approximate surface area is 140 Å². The molecule has 0 amide bonds. The van der Waals surface area contributed by atoms with Crippen molar-refractivity contribution in [2.75, 3.05) is 20.8 Å². The summed E-state index contributed by atoms with van der Waals surface area (Å²) in [7, 11) is 3.15. The summed E-state index contributed by atoms with van der Waals surface area (Å²) in [5.74, 6) is 1.48. The van der Waals surface area contributed by atoms with Crippen LogP contribution in [0.2, 0.25) is 0 Å². The van der Waals surface area contributed by atoms with Crippen LogP contribution in [0.15, 0.2) is 48.5 Å². The highest BCUT2D eigenvalue weighted by molar-refractivity contribution is 5.72. The summed E-state index contributed by atoms with van der Waals surface area (Å²) in [5.41, 5.74) is 0. The molecular formula is C18H20O6. The smallest absolute Gasteiger partial charge is 0.345 e. The fourth-order valence-corrected chi connectivity index (χ4v) is 2.01. The van der Waals surface area contributed by atoms with Crippen molar-refractivity contribution < 1.29 is 28.8 Å². The molecule has 0 aromatic heterocycles. The van der Waals surface area contributed by atoms with E-state index in [4.69, 9.17) is 18.9 Å². The molecule has 128 valence electrons. The van der Waals surface area contributed by atoms with Gasteiger partial charge in [0, 0.05) is 6.42 Å².